The van der Waals surface area contributed by atoms with Gasteiger partial charge in [0.05, 0.1) is 5.69 Å². The number of hydrazine groups is 1. The van der Waals surface area contributed by atoms with Crippen LogP contribution in [0.4, 0.5) is 10.1 Å². The zero-order valence-corrected chi connectivity index (χ0v) is 10.1. The Hall–Kier alpha value is -2.07. The molecule has 0 aromatic heterocycles. The number of nitrogens with two attached hydrogens (primary N) is 1. The predicted molar refractivity (Wildman–Crippen MR) is 70.6 cm³/mol. The number of nitrogens with one attached hydrogen (secondary N) is 1. The number of hydrogen-bond acceptors (Lipinski definition) is 3. The van der Waals surface area contributed by atoms with E-state index in [1.807, 2.05) is 13.0 Å². The molecule has 0 heterocycles. The molecule has 1 aromatic rings. The van der Waals surface area contributed by atoms with E-state index in [1.54, 1.807) is 36.4 Å². The fourth-order valence-electron chi connectivity index (χ4n) is 1.66. The maximum atomic E-state index is 13.7. The van der Waals surface area contributed by atoms with Gasteiger partial charge < -0.3 is 10.2 Å². The predicted octanol–water partition coefficient (Wildman–Crippen LogP) is 3.36. The van der Waals surface area contributed by atoms with Crippen LogP contribution < -0.4 is 16.0 Å². The molecule has 0 aliphatic heterocycles. The van der Waals surface area contributed by atoms with E-state index in [4.69, 9.17) is 10.6 Å². The standard InChI is InChI=1S/C14H15FN2O/c1-10-9-11(7-8-13(10)17-16)18-14-6-4-2-3-5-12(14)15/h2-4,6-9,17H,5,16H2,1H3. The second-order valence-corrected chi connectivity index (χ2v) is 3.98. The van der Waals surface area contributed by atoms with Gasteiger partial charge in [-0.3, -0.25) is 5.84 Å². The number of nitrogen functional groups attached to an aromatic ring is 1. The Morgan fingerprint density at radius 3 is 2.89 bits per heavy atom. The van der Waals surface area contributed by atoms with E-state index in [0.29, 0.717) is 5.75 Å². The smallest absolute Gasteiger partial charge is 0.159 e. The number of anilines is 1. The van der Waals surface area contributed by atoms with Crippen LogP contribution in [-0.4, -0.2) is 0 Å². The van der Waals surface area contributed by atoms with Crippen LogP contribution >= 0.6 is 0 Å². The summed E-state index contributed by atoms with van der Waals surface area (Å²) in [5.74, 6) is 5.90. The summed E-state index contributed by atoms with van der Waals surface area (Å²) in [6.45, 7) is 1.90. The number of allylic oxidation sites excluding steroid dienone is 5. The highest BCUT2D eigenvalue weighted by Crippen LogP contribution is 2.25. The molecule has 0 fully saturated rings. The van der Waals surface area contributed by atoms with E-state index in [0.717, 1.165) is 11.3 Å². The molecule has 0 saturated heterocycles. The molecule has 1 aliphatic rings. The lowest BCUT2D eigenvalue weighted by Gasteiger charge is -2.10. The molecule has 4 heteroatoms. The van der Waals surface area contributed by atoms with Crippen LogP contribution in [0.25, 0.3) is 0 Å². The summed E-state index contributed by atoms with van der Waals surface area (Å²) in [7, 11) is 0. The molecule has 0 radical (unpaired) electrons. The monoisotopic (exact) mass is 246 g/mol. The van der Waals surface area contributed by atoms with Crippen molar-refractivity contribution in [3.63, 3.8) is 0 Å². The summed E-state index contributed by atoms with van der Waals surface area (Å²) in [4.78, 5) is 0. The minimum atomic E-state index is -0.279. The normalized spacial score (nSPS) is 14.6. The van der Waals surface area contributed by atoms with Crippen molar-refractivity contribution in [1.29, 1.82) is 0 Å². The van der Waals surface area contributed by atoms with E-state index in [-0.39, 0.29) is 18.0 Å². The summed E-state index contributed by atoms with van der Waals surface area (Å²) < 4.78 is 19.2. The van der Waals surface area contributed by atoms with Crippen molar-refractivity contribution in [2.45, 2.75) is 13.3 Å². The van der Waals surface area contributed by atoms with Crippen molar-refractivity contribution in [3.05, 3.63) is 59.7 Å². The molecule has 0 saturated carbocycles. The summed E-state index contributed by atoms with van der Waals surface area (Å²) in [5, 5.41) is 0. The third-order valence-electron chi connectivity index (χ3n) is 2.64. The first-order valence-electron chi connectivity index (χ1n) is 5.67. The van der Waals surface area contributed by atoms with E-state index < -0.39 is 0 Å². The van der Waals surface area contributed by atoms with Crippen LogP contribution in [0.2, 0.25) is 0 Å². The third kappa shape index (κ3) is 2.78. The fourth-order valence-corrected chi connectivity index (χ4v) is 1.66. The van der Waals surface area contributed by atoms with Crippen LogP contribution in [-0.2, 0) is 0 Å². The Bertz CT molecular complexity index is 533. The Balaban J connectivity index is 2.21. The lowest BCUT2D eigenvalue weighted by atomic mass is 10.2. The minimum Gasteiger partial charge on any atom is -0.455 e. The topological polar surface area (TPSA) is 47.3 Å². The van der Waals surface area contributed by atoms with Gasteiger partial charge in [-0.15, -0.1) is 0 Å². The molecule has 0 atom stereocenters. The number of benzene rings is 1. The summed E-state index contributed by atoms with van der Waals surface area (Å²) in [6, 6.07) is 5.35. The molecule has 0 amide bonds. The highest BCUT2D eigenvalue weighted by molar-refractivity contribution is 5.53. The molecule has 18 heavy (non-hydrogen) atoms. The maximum Gasteiger partial charge on any atom is 0.159 e. The number of rotatable bonds is 3. The molecule has 2 rings (SSSR count). The average molecular weight is 246 g/mol. The first kappa shape index (κ1) is 12.4. The van der Waals surface area contributed by atoms with Crippen LogP contribution in [0.5, 0.6) is 5.75 Å². The van der Waals surface area contributed by atoms with Crippen LogP contribution in [0.1, 0.15) is 12.0 Å². The first-order chi connectivity index (χ1) is 8.70. The van der Waals surface area contributed by atoms with Crippen molar-refractivity contribution in [2.75, 3.05) is 5.43 Å². The van der Waals surface area contributed by atoms with E-state index in [1.165, 1.54) is 0 Å². The van der Waals surface area contributed by atoms with Crippen LogP contribution in [0.3, 0.4) is 0 Å². The first-order valence-corrected chi connectivity index (χ1v) is 5.67. The Morgan fingerprint density at radius 2 is 2.17 bits per heavy atom. The summed E-state index contributed by atoms with van der Waals surface area (Å²) in [6.07, 6.45) is 7.16. The highest BCUT2D eigenvalue weighted by Gasteiger charge is 2.08. The second kappa shape index (κ2) is 5.51. The van der Waals surface area contributed by atoms with Gasteiger partial charge in [-0.25, -0.2) is 4.39 Å². The van der Waals surface area contributed by atoms with Gasteiger partial charge in [-0.1, -0.05) is 18.2 Å². The zero-order chi connectivity index (χ0) is 13.0. The van der Waals surface area contributed by atoms with Gasteiger partial charge in [0, 0.05) is 6.42 Å². The Kier molecular flexibility index (Phi) is 3.79. The molecular weight excluding hydrogens is 231 g/mol. The maximum absolute atomic E-state index is 13.7. The van der Waals surface area contributed by atoms with Crippen molar-refractivity contribution in [3.8, 4) is 5.75 Å². The second-order valence-electron chi connectivity index (χ2n) is 3.98. The molecule has 3 N–H and O–H groups in total. The van der Waals surface area contributed by atoms with Gasteiger partial charge in [0.1, 0.15) is 11.6 Å². The molecular formula is C14H15FN2O. The van der Waals surface area contributed by atoms with Crippen LogP contribution in [0.15, 0.2) is 54.1 Å². The lowest BCUT2D eigenvalue weighted by molar-refractivity contribution is 0.410. The van der Waals surface area contributed by atoms with Crippen molar-refractivity contribution >= 4 is 5.69 Å². The summed E-state index contributed by atoms with van der Waals surface area (Å²) in [5.41, 5.74) is 4.33. The quantitative estimate of drug-likeness (QED) is 0.635. The number of ether oxygens (including phenoxy) is 1. The molecule has 1 aromatic carbocycles. The van der Waals surface area contributed by atoms with Crippen molar-refractivity contribution in [1.82, 2.24) is 0 Å². The van der Waals surface area contributed by atoms with Gasteiger partial charge in [-0.2, -0.15) is 0 Å². The van der Waals surface area contributed by atoms with Gasteiger partial charge in [0.2, 0.25) is 0 Å². The van der Waals surface area contributed by atoms with E-state index in [2.05, 4.69) is 5.43 Å². The van der Waals surface area contributed by atoms with Crippen LogP contribution in [0, 0.1) is 6.92 Å². The van der Waals surface area contributed by atoms with Gasteiger partial charge in [-0.05, 0) is 36.8 Å². The van der Waals surface area contributed by atoms with Gasteiger partial charge in [0.15, 0.2) is 5.76 Å². The molecule has 0 bridgehead atoms. The highest BCUT2D eigenvalue weighted by atomic mass is 19.1. The Labute approximate surface area is 105 Å². The third-order valence-corrected chi connectivity index (χ3v) is 2.64. The summed E-state index contributed by atoms with van der Waals surface area (Å²) >= 11 is 0. The molecule has 0 unspecified atom stereocenters. The zero-order valence-electron chi connectivity index (χ0n) is 10.1. The average Bonchev–Trinajstić information content (AvgIpc) is 2.55. The van der Waals surface area contributed by atoms with E-state index >= 15 is 0 Å². The van der Waals surface area contributed by atoms with E-state index in [9.17, 15) is 4.39 Å². The number of hydrogen-bond donors (Lipinski definition) is 2. The minimum absolute atomic E-state index is 0.243. The fraction of sp³-hybridized carbons (Fsp3) is 0.143. The SMILES string of the molecule is Cc1cc(OC2=C(F)CC=CC=C2)ccc1NN. The van der Waals surface area contributed by atoms with Gasteiger partial charge >= 0.3 is 0 Å². The lowest BCUT2D eigenvalue weighted by Crippen LogP contribution is -2.08. The molecule has 3 nitrogen and oxygen atoms in total. The van der Waals surface area contributed by atoms with Crippen molar-refractivity contribution < 1.29 is 9.13 Å². The Morgan fingerprint density at radius 1 is 1.33 bits per heavy atom. The van der Waals surface area contributed by atoms with Gasteiger partial charge in [0.25, 0.3) is 0 Å². The molecule has 94 valence electrons. The van der Waals surface area contributed by atoms with Crippen molar-refractivity contribution in [2.24, 2.45) is 5.84 Å². The number of halogens is 1. The molecule has 0 spiro atoms. The number of aryl methyl sites for hydroxylation is 1. The molecule has 1 aliphatic carbocycles. The largest absolute Gasteiger partial charge is 0.455 e.